The van der Waals surface area contributed by atoms with E-state index in [-0.39, 0.29) is 0 Å². The topological polar surface area (TPSA) is 89.6 Å². The van der Waals surface area contributed by atoms with Crippen LogP contribution in [0.25, 0.3) is 0 Å². The molecule has 0 aliphatic heterocycles. The Kier molecular flexibility index (Phi) is 2.58. The standard InChI is InChI=1S/C6H5F2NO4S/c7-3-1-4(8)6(10)5(2-3)13-14(9,11)12/h1-2,10H,(H2,9,11,12). The molecule has 0 unspecified atom stereocenters. The van der Waals surface area contributed by atoms with Gasteiger partial charge < -0.3 is 9.29 Å². The molecule has 0 aliphatic rings. The third kappa shape index (κ3) is 2.54. The maximum atomic E-state index is 12.6. The summed E-state index contributed by atoms with van der Waals surface area (Å²) in [5.74, 6) is -4.46. The van der Waals surface area contributed by atoms with Crippen LogP contribution in [-0.4, -0.2) is 13.5 Å². The van der Waals surface area contributed by atoms with Gasteiger partial charge in [0, 0.05) is 12.1 Å². The number of phenols is 1. The fourth-order valence-corrected chi connectivity index (χ4v) is 1.11. The molecule has 78 valence electrons. The van der Waals surface area contributed by atoms with E-state index in [4.69, 9.17) is 5.11 Å². The zero-order valence-electron chi connectivity index (χ0n) is 6.57. The quantitative estimate of drug-likeness (QED) is 0.755. The molecule has 3 N–H and O–H groups in total. The molecule has 0 saturated carbocycles. The van der Waals surface area contributed by atoms with Crippen LogP contribution in [0.3, 0.4) is 0 Å². The summed E-state index contributed by atoms with van der Waals surface area (Å²) in [6.45, 7) is 0. The van der Waals surface area contributed by atoms with Crippen LogP contribution in [0, 0.1) is 11.6 Å². The predicted octanol–water partition coefficient (Wildman–Crippen LogP) is 0.253. The van der Waals surface area contributed by atoms with Crippen molar-refractivity contribution >= 4 is 10.3 Å². The molecule has 8 heteroatoms. The summed E-state index contributed by atoms with van der Waals surface area (Å²) in [6.07, 6.45) is 0. The Morgan fingerprint density at radius 2 is 1.93 bits per heavy atom. The summed E-state index contributed by atoms with van der Waals surface area (Å²) in [7, 11) is -4.43. The van der Waals surface area contributed by atoms with Gasteiger partial charge >= 0.3 is 10.3 Å². The molecule has 0 aromatic heterocycles. The second-order valence-corrected chi connectivity index (χ2v) is 3.46. The highest BCUT2D eigenvalue weighted by Gasteiger charge is 2.15. The molecule has 1 aromatic carbocycles. The number of aromatic hydroxyl groups is 1. The van der Waals surface area contributed by atoms with Crippen LogP contribution in [0.2, 0.25) is 0 Å². The van der Waals surface area contributed by atoms with Crippen molar-refractivity contribution in [3.63, 3.8) is 0 Å². The molecule has 0 heterocycles. The molecule has 1 rings (SSSR count). The molecule has 0 spiro atoms. The van der Waals surface area contributed by atoms with E-state index >= 15 is 0 Å². The normalized spacial score (nSPS) is 11.4. The predicted molar refractivity (Wildman–Crippen MR) is 41.8 cm³/mol. The van der Waals surface area contributed by atoms with Crippen LogP contribution < -0.4 is 9.32 Å². The number of nitrogens with two attached hydrogens (primary N) is 1. The minimum Gasteiger partial charge on any atom is -0.502 e. The van der Waals surface area contributed by atoms with Gasteiger partial charge in [-0.3, -0.25) is 0 Å². The first kappa shape index (κ1) is 10.7. The largest absolute Gasteiger partial charge is 0.502 e. The lowest BCUT2D eigenvalue weighted by Crippen LogP contribution is -2.19. The first-order chi connectivity index (χ1) is 6.29. The average Bonchev–Trinajstić information content (AvgIpc) is 1.96. The van der Waals surface area contributed by atoms with Crippen molar-refractivity contribution < 1.29 is 26.5 Å². The van der Waals surface area contributed by atoms with Gasteiger partial charge in [-0.1, -0.05) is 0 Å². The second kappa shape index (κ2) is 3.39. The van der Waals surface area contributed by atoms with Crippen LogP contribution in [0.1, 0.15) is 0 Å². The van der Waals surface area contributed by atoms with Gasteiger partial charge in [0.2, 0.25) is 0 Å². The molecule has 0 aliphatic carbocycles. The maximum Gasteiger partial charge on any atom is 0.380 e. The summed E-state index contributed by atoms with van der Waals surface area (Å²) in [5, 5.41) is 13.3. The van der Waals surface area contributed by atoms with Crippen molar-refractivity contribution in [1.29, 1.82) is 0 Å². The van der Waals surface area contributed by atoms with Crippen molar-refractivity contribution in [2.45, 2.75) is 0 Å². The summed E-state index contributed by atoms with van der Waals surface area (Å²) in [5.41, 5.74) is 0. The first-order valence-corrected chi connectivity index (χ1v) is 4.67. The Morgan fingerprint density at radius 3 is 2.43 bits per heavy atom. The van der Waals surface area contributed by atoms with Crippen molar-refractivity contribution in [3.05, 3.63) is 23.8 Å². The smallest absolute Gasteiger partial charge is 0.380 e. The van der Waals surface area contributed by atoms with Crippen LogP contribution in [0.15, 0.2) is 12.1 Å². The monoisotopic (exact) mass is 225 g/mol. The fraction of sp³-hybridized carbons (Fsp3) is 0. The van der Waals surface area contributed by atoms with E-state index in [2.05, 4.69) is 9.32 Å². The third-order valence-electron chi connectivity index (χ3n) is 1.20. The molecule has 0 saturated heterocycles. The van der Waals surface area contributed by atoms with Crippen LogP contribution >= 0.6 is 0 Å². The van der Waals surface area contributed by atoms with E-state index < -0.39 is 33.4 Å². The molecule has 0 atom stereocenters. The van der Waals surface area contributed by atoms with Crippen molar-refractivity contribution in [2.24, 2.45) is 5.14 Å². The van der Waals surface area contributed by atoms with Crippen molar-refractivity contribution in [2.75, 3.05) is 0 Å². The Hall–Kier alpha value is -1.41. The number of hydrogen-bond donors (Lipinski definition) is 2. The molecule has 5 nitrogen and oxygen atoms in total. The van der Waals surface area contributed by atoms with E-state index in [0.29, 0.717) is 12.1 Å². The van der Waals surface area contributed by atoms with Gasteiger partial charge in [0.25, 0.3) is 0 Å². The van der Waals surface area contributed by atoms with Crippen molar-refractivity contribution in [1.82, 2.24) is 0 Å². The molecular weight excluding hydrogens is 220 g/mol. The minimum atomic E-state index is -4.43. The molecule has 0 amide bonds. The highest BCUT2D eigenvalue weighted by atomic mass is 32.2. The van der Waals surface area contributed by atoms with E-state index in [0.717, 1.165) is 0 Å². The molecule has 0 radical (unpaired) electrons. The van der Waals surface area contributed by atoms with E-state index in [1.807, 2.05) is 0 Å². The molecular formula is C6H5F2NO4S. The SMILES string of the molecule is NS(=O)(=O)Oc1cc(F)cc(F)c1O. The van der Waals surface area contributed by atoms with Gasteiger partial charge in [-0.15, -0.1) is 0 Å². The van der Waals surface area contributed by atoms with E-state index in [1.165, 1.54) is 0 Å². The highest BCUT2D eigenvalue weighted by Crippen LogP contribution is 2.30. The molecule has 1 aromatic rings. The Bertz CT molecular complexity index is 459. The molecule has 0 bridgehead atoms. The lowest BCUT2D eigenvalue weighted by Gasteiger charge is -2.05. The number of halogens is 2. The van der Waals surface area contributed by atoms with Gasteiger partial charge in [0.1, 0.15) is 5.82 Å². The number of benzene rings is 1. The Labute approximate surface area is 78.0 Å². The highest BCUT2D eigenvalue weighted by molar-refractivity contribution is 7.84. The van der Waals surface area contributed by atoms with Gasteiger partial charge in [-0.2, -0.15) is 13.6 Å². The van der Waals surface area contributed by atoms with Crippen LogP contribution in [-0.2, 0) is 10.3 Å². The van der Waals surface area contributed by atoms with Gasteiger partial charge in [-0.25, -0.2) is 8.78 Å². The summed E-state index contributed by atoms with van der Waals surface area (Å²) in [4.78, 5) is 0. The Balaban J connectivity index is 3.22. The van der Waals surface area contributed by atoms with Gasteiger partial charge in [0.05, 0.1) is 0 Å². The Morgan fingerprint density at radius 1 is 1.36 bits per heavy atom. The van der Waals surface area contributed by atoms with Crippen LogP contribution in [0.4, 0.5) is 8.78 Å². The lowest BCUT2D eigenvalue weighted by atomic mass is 10.3. The van der Waals surface area contributed by atoms with E-state index in [1.54, 1.807) is 0 Å². The zero-order valence-corrected chi connectivity index (χ0v) is 7.38. The third-order valence-corrected chi connectivity index (χ3v) is 1.61. The summed E-state index contributed by atoms with van der Waals surface area (Å²) >= 11 is 0. The lowest BCUT2D eigenvalue weighted by molar-refractivity contribution is 0.395. The molecule has 0 fully saturated rings. The summed E-state index contributed by atoms with van der Waals surface area (Å²) < 4.78 is 49.8. The maximum absolute atomic E-state index is 12.6. The second-order valence-electron chi connectivity index (χ2n) is 2.31. The van der Waals surface area contributed by atoms with Crippen LogP contribution in [0.5, 0.6) is 11.5 Å². The summed E-state index contributed by atoms with van der Waals surface area (Å²) in [6, 6.07) is 0.855. The minimum absolute atomic E-state index is 0.366. The fourth-order valence-electron chi connectivity index (χ4n) is 0.731. The van der Waals surface area contributed by atoms with E-state index in [9.17, 15) is 17.2 Å². The number of hydrogen-bond acceptors (Lipinski definition) is 4. The number of phenolic OH excluding ortho intramolecular Hbond substituents is 1. The zero-order chi connectivity index (χ0) is 10.9. The molecule has 14 heavy (non-hydrogen) atoms. The van der Waals surface area contributed by atoms with Gasteiger partial charge in [-0.05, 0) is 0 Å². The first-order valence-electron chi connectivity index (χ1n) is 3.20. The van der Waals surface area contributed by atoms with Crippen molar-refractivity contribution in [3.8, 4) is 11.5 Å². The number of rotatable bonds is 2. The average molecular weight is 225 g/mol. The van der Waals surface area contributed by atoms with Gasteiger partial charge in [0.15, 0.2) is 17.3 Å².